The summed E-state index contributed by atoms with van der Waals surface area (Å²) in [6, 6.07) is 0. The fourth-order valence-electron chi connectivity index (χ4n) is 1.47. The van der Waals surface area contributed by atoms with E-state index in [0.29, 0.717) is 29.8 Å². The van der Waals surface area contributed by atoms with E-state index in [9.17, 15) is 9.90 Å². The summed E-state index contributed by atoms with van der Waals surface area (Å²) >= 11 is 3.96. The van der Waals surface area contributed by atoms with Crippen molar-refractivity contribution in [1.29, 1.82) is 0 Å². The predicted molar refractivity (Wildman–Crippen MR) is 91.3 cm³/mol. The Morgan fingerprint density at radius 3 is 2.20 bits per heavy atom. The molecule has 5 nitrogen and oxygen atoms in total. The van der Waals surface area contributed by atoms with Crippen molar-refractivity contribution in [3.63, 3.8) is 0 Å². The SMILES string of the molecule is C=C(C)C(=O)OCc1c(I)c(OC)c(O)c(I)c1OC. The maximum atomic E-state index is 11.5. The Morgan fingerprint density at radius 2 is 1.75 bits per heavy atom. The highest BCUT2D eigenvalue weighted by Crippen LogP contribution is 2.44. The van der Waals surface area contributed by atoms with Crippen molar-refractivity contribution in [2.75, 3.05) is 14.2 Å². The van der Waals surface area contributed by atoms with Crippen LogP contribution >= 0.6 is 45.2 Å². The van der Waals surface area contributed by atoms with E-state index in [4.69, 9.17) is 14.2 Å². The number of ether oxygens (including phenoxy) is 3. The lowest BCUT2D eigenvalue weighted by atomic mass is 10.2. The first kappa shape index (κ1) is 17.3. The molecule has 0 fully saturated rings. The van der Waals surface area contributed by atoms with E-state index < -0.39 is 5.97 Å². The van der Waals surface area contributed by atoms with Crippen LogP contribution in [0.4, 0.5) is 0 Å². The van der Waals surface area contributed by atoms with E-state index in [2.05, 4.69) is 6.58 Å². The highest BCUT2D eigenvalue weighted by molar-refractivity contribution is 14.1. The Hall–Kier alpha value is -0.710. The molecule has 0 aromatic heterocycles. The van der Waals surface area contributed by atoms with Gasteiger partial charge in [-0.2, -0.15) is 0 Å². The molecule has 0 aliphatic rings. The van der Waals surface area contributed by atoms with Gasteiger partial charge in [0.1, 0.15) is 15.9 Å². The molecule has 0 saturated heterocycles. The van der Waals surface area contributed by atoms with Gasteiger partial charge in [0.15, 0.2) is 11.5 Å². The molecule has 1 rings (SSSR count). The van der Waals surface area contributed by atoms with E-state index in [1.807, 2.05) is 45.2 Å². The van der Waals surface area contributed by atoms with Gasteiger partial charge >= 0.3 is 5.97 Å². The molecule has 0 bridgehead atoms. The molecule has 0 amide bonds. The molecule has 0 spiro atoms. The highest BCUT2D eigenvalue weighted by Gasteiger charge is 2.23. The molecule has 0 atom stereocenters. The quantitative estimate of drug-likeness (QED) is 0.379. The minimum Gasteiger partial charge on any atom is -0.503 e. The number of hydrogen-bond donors (Lipinski definition) is 1. The second-order valence-electron chi connectivity index (χ2n) is 3.88. The van der Waals surface area contributed by atoms with Gasteiger partial charge in [-0.1, -0.05) is 6.58 Å². The molecule has 1 aromatic carbocycles. The third-order valence-corrected chi connectivity index (χ3v) is 4.61. The van der Waals surface area contributed by atoms with Crippen LogP contribution in [0.2, 0.25) is 0 Å². The van der Waals surface area contributed by atoms with Crippen LogP contribution < -0.4 is 9.47 Å². The maximum absolute atomic E-state index is 11.5. The second kappa shape index (κ2) is 7.34. The zero-order valence-electron chi connectivity index (χ0n) is 11.3. The van der Waals surface area contributed by atoms with Crippen LogP contribution in [0.1, 0.15) is 12.5 Å². The number of carbonyl (C=O) groups excluding carboxylic acids is 1. The van der Waals surface area contributed by atoms with Crippen LogP contribution in [0.5, 0.6) is 17.2 Å². The molecule has 1 aromatic rings. The Labute approximate surface area is 144 Å². The summed E-state index contributed by atoms with van der Waals surface area (Å²) in [7, 11) is 2.95. The standard InChI is InChI=1S/C13H14I2O5/c1-6(2)13(17)20-5-7-8(14)12(19-4)10(16)9(15)11(7)18-3/h16H,1,5H2,2-4H3. The maximum Gasteiger partial charge on any atom is 0.333 e. The Balaban J connectivity index is 3.26. The summed E-state index contributed by atoms with van der Waals surface area (Å²) < 4.78 is 16.7. The summed E-state index contributed by atoms with van der Waals surface area (Å²) in [6.07, 6.45) is 0. The number of benzene rings is 1. The van der Waals surface area contributed by atoms with Crippen LogP contribution in [0.25, 0.3) is 0 Å². The van der Waals surface area contributed by atoms with Crippen LogP contribution in [0, 0.1) is 7.14 Å². The van der Waals surface area contributed by atoms with E-state index in [0.717, 1.165) is 0 Å². The number of esters is 1. The molecule has 0 aliphatic carbocycles. The molecule has 110 valence electrons. The van der Waals surface area contributed by atoms with Gasteiger partial charge in [-0.05, 0) is 52.1 Å². The Kier molecular flexibility index (Phi) is 6.37. The van der Waals surface area contributed by atoms with Gasteiger partial charge in [0.2, 0.25) is 0 Å². The number of phenols is 1. The molecule has 0 unspecified atom stereocenters. The molecule has 0 heterocycles. The number of rotatable bonds is 5. The van der Waals surface area contributed by atoms with Gasteiger partial charge in [-0.3, -0.25) is 0 Å². The zero-order chi connectivity index (χ0) is 15.4. The third kappa shape index (κ3) is 3.48. The van der Waals surface area contributed by atoms with E-state index >= 15 is 0 Å². The number of aromatic hydroxyl groups is 1. The van der Waals surface area contributed by atoms with Crippen LogP contribution in [0.3, 0.4) is 0 Å². The summed E-state index contributed by atoms with van der Waals surface area (Å²) in [4.78, 5) is 11.5. The molecule has 20 heavy (non-hydrogen) atoms. The largest absolute Gasteiger partial charge is 0.503 e. The summed E-state index contributed by atoms with van der Waals surface area (Å²) in [5.41, 5.74) is 0.959. The van der Waals surface area contributed by atoms with E-state index in [1.165, 1.54) is 14.2 Å². The minimum absolute atomic E-state index is 0.00401. The zero-order valence-corrected chi connectivity index (χ0v) is 15.6. The van der Waals surface area contributed by atoms with Gasteiger partial charge in [-0.15, -0.1) is 0 Å². The van der Waals surface area contributed by atoms with Gasteiger partial charge in [0.05, 0.1) is 17.8 Å². The van der Waals surface area contributed by atoms with Crippen molar-refractivity contribution in [3.05, 3.63) is 24.9 Å². The first-order chi connectivity index (χ1) is 9.34. The molecular weight excluding hydrogens is 490 g/mol. The van der Waals surface area contributed by atoms with E-state index in [-0.39, 0.29) is 12.4 Å². The smallest absolute Gasteiger partial charge is 0.333 e. The number of methoxy groups -OCH3 is 2. The van der Waals surface area contributed by atoms with Crippen molar-refractivity contribution in [1.82, 2.24) is 0 Å². The number of halogens is 2. The third-order valence-electron chi connectivity index (χ3n) is 2.47. The lowest BCUT2D eigenvalue weighted by molar-refractivity contribution is -0.140. The van der Waals surface area contributed by atoms with Crippen LogP contribution in [0.15, 0.2) is 12.2 Å². The van der Waals surface area contributed by atoms with Crippen molar-refractivity contribution in [3.8, 4) is 17.2 Å². The van der Waals surface area contributed by atoms with Crippen molar-refractivity contribution in [2.24, 2.45) is 0 Å². The summed E-state index contributed by atoms with van der Waals surface area (Å²) in [5.74, 6) is 0.314. The van der Waals surface area contributed by atoms with Crippen molar-refractivity contribution in [2.45, 2.75) is 13.5 Å². The first-order valence-electron chi connectivity index (χ1n) is 5.48. The minimum atomic E-state index is -0.482. The monoisotopic (exact) mass is 504 g/mol. The topological polar surface area (TPSA) is 65.0 Å². The van der Waals surface area contributed by atoms with Crippen molar-refractivity contribution < 1.29 is 24.1 Å². The van der Waals surface area contributed by atoms with Crippen molar-refractivity contribution >= 4 is 51.2 Å². The van der Waals surface area contributed by atoms with Crippen LogP contribution in [-0.4, -0.2) is 25.3 Å². The summed E-state index contributed by atoms with van der Waals surface area (Å²) in [6.45, 7) is 5.11. The highest BCUT2D eigenvalue weighted by atomic mass is 127. The average Bonchev–Trinajstić information content (AvgIpc) is 2.41. The first-order valence-corrected chi connectivity index (χ1v) is 7.64. The average molecular weight is 504 g/mol. The van der Waals surface area contributed by atoms with Crippen LogP contribution in [-0.2, 0) is 16.1 Å². The molecule has 0 aliphatic heterocycles. The van der Waals surface area contributed by atoms with Gasteiger partial charge < -0.3 is 19.3 Å². The fourth-order valence-corrected chi connectivity index (χ4v) is 3.14. The molecule has 1 N–H and O–H groups in total. The molecule has 7 heteroatoms. The molecular formula is C13H14I2O5. The number of phenolic OH excluding ortho intramolecular Hbond substituents is 1. The van der Waals surface area contributed by atoms with Gasteiger partial charge in [0, 0.05) is 11.1 Å². The predicted octanol–water partition coefficient (Wildman–Crippen LogP) is 3.24. The second-order valence-corrected chi connectivity index (χ2v) is 6.04. The lowest BCUT2D eigenvalue weighted by Crippen LogP contribution is -2.08. The Morgan fingerprint density at radius 1 is 1.20 bits per heavy atom. The van der Waals surface area contributed by atoms with Gasteiger partial charge in [-0.25, -0.2) is 4.79 Å². The lowest BCUT2D eigenvalue weighted by Gasteiger charge is -2.17. The molecule has 0 radical (unpaired) electrons. The fraction of sp³-hybridized carbons (Fsp3) is 0.308. The Bertz CT molecular complexity index is 554. The summed E-state index contributed by atoms with van der Waals surface area (Å²) in [5, 5.41) is 10.0. The van der Waals surface area contributed by atoms with Gasteiger partial charge in [0.25, 0.3) is 0 Å². The number of carbonyl (C=O) groups is 1. The molecule has 0 saturated carbocycles. The normalized spacial score (nSPS) is 10.1. The number of hydrogen-bond acceptors (Lipinski definition) is 5. The van der Waals surface area contributed by atoms with E-state index in [1.54, 1.807) is 6.92 Å².